The molecule has 0 amide bonds. The summed E-state index contributed by atoms with van der Waals surface area (Å²) in [4.78, 5) is 0. The maximum Gasteiger partial charge on any atom is 0.0747 e. The third kappa shape index (κ3) is 5.21. The van der Waals surface area contributed by atoms with Gasteiger partial charge in [-0.2, -0.15) is 0 Å². The van der Waals surface area contributed by atoms with E-state index in [1.807, 2.05) is 7.05 Å². The van der Waals surface area contributed by atoms with Crippen LogP contribution in [0, 0.1) is 0 Å². The smallest absolute Gasteiger partial charge is 0.0747 e. The molecule has 13 heavy (non-hydrogen) atoms. The van der Waals surface area contributed by atoms with Crippen LogP contribution in [-0.4, -0.2) is 46.6 Å². The standard InChI is InChI=1S/C9H22N2O2/c1-11-8(7-12-2)9(13-3)5-4-6-10/h8-9,11H,4-7,10H2,1-3H3/t8?,9-/m1/s1. The van der Waals surface area contributed by atoms with Crippen LogP contribution in [-0.2, 0) is 9.47 Å². The lowest BCUT2D eigenvalue weighted by Gasteiger charge is -2.24. The number of hydrogen-bond acceptors (Lipinski definition) is 4. The summed E-state index contributed by atoms with van der Waals surface area (Å²) in [5.74, 6) is 0. The average molecular weight is 190 g/mol. The van der Waals surface area contributed by atoms with Crippen molar-refractivity contribution in [3.05, 3.63) is 0 Å². The molecule has 0 aromatic carbocycles. The Morgan fingerprint density at radius 3 is 2.46 bits per heavy atom. The number of nitrogens with one attached hydrogen (secondary N) is 1. The lowest BCUT2D eigenvalue weighted by atomic mass is 10.1. The summed E-state index contributed by atoms with van der Waals surface area (Å²) < 4.78 is 10.4. The minimum Gasteiger partial charge on any atom is -0.383 e. The number of ether oxygens (including phenoxy) is 2. The van der Waals surface area contributed by atoms with Crippen molar-refractivity contribution in [2.24, 2.45) is 5.73 Å². The predicted octanol–water partition coefficient (Wildman–Crippen LogP) is -0.0253. The molecule has 0 heterocycles. The molecule has 0 spiro atoms. The van der Waals surface area contributed by atoms with Crippen LogP contribution < -0.4 is 11.1 Å². The molecule has 0 saturated heterocycles. The number of likely N-dealkylation sites (N-methyl/N-ethyl adjacent to an activating group) is 1. The molecule has 0 bridgehead atoms. The maximum absolute atomic E-state index is 5.44. The highest BCUT2D eigenvalue weighted by Crippen LogP contribution is 2.06. The topological polar surface area (TPSA) is 56.5 Å². The van der Waals surface area contributed by atoms with E-state index in [9.17, 15) is 0 Å². The first-order valence-electron chi connectivity index (χ1n) is 4.69. The van der Waals surface area contributed by atoms with Crippen molar-refractivity contribution >= 4 is 0 Å². The van der Waals surface area contributed by atoms with Crippen LogP contribution in [0.15, 0.2) is 0 Å². The van der Waals surface area contributed by atoms with E-state index in [0.717, 1.165) is 12.8 Å². The number of hydrogen-bond donors (Lipinski definition) is 2. The van der Waals surface area contributed by atoms with Gasteiger partial charge in [0.2, 0.25) is 0 Å². The molecule has 3 N–H and O–H groups in total. The van der Waals surface area contributed by atoms with E-state index in [0.29, 0.717) is 13.2 Å². The van der Waals surface area contributed by atoms with Crippen LogP contribution in [0.1, 0.15) is 12.8 Å². The zero-order chi connectivity index (χ0) is 10.1. The Labute approximate surface area is 80.8 Å². The lowest BCUT2D eigenvalue weighted by molar-refractivity contribution is 0.0312. The van der Waals surface area contributed by atoms with Crippen molar-refractivity contribution in [3.8, 4) is 0 Å². The van der Waals surface area contributed by atoms with E-state index in [-0.39, 0.29) is 12.1 Å². The van der Waals surface area contributed by atoms with Crippen molar-refractivity contribution in [2.45, 2.75) is 25.0 Å². The molecule has 0 saturated carbocycles. The minimum atomic E-state index is 0.188. The summed E-state index contributed by atoms with van der Waals surface area (Å²) in [6.07, 6.45) is 2.15. The molecule has 0 fully saturated rings. The zero-order valence-corrected chi connectivity index (χ0v) is 8.88. The molecular weight excluding hydrogens is 168 g/mol. The van der Waals surface area contributed by atoms with Gasteiger partial charge in [-0.1, -0.05) is 0 Å². The summed E-state index contributed by atoms with van der Waals surface area (Å²) in [5.41, 5.74) is 5.44. The zero-order valence-electron chi connectivity index (χ0n) is 8.88. The fraction of sp³-hybridized carbons (Fsp3) is 1.00. The van der Waals surface area contributed by atoms with Crippen LogP contribution in [0.25, 0.3) is 0 Å². The Bertz CT molecular complexity index is 112. The van der Waals surface area contributed by atoms with Gasteiger partial charge in [-0.25, -0.2) is 0 Å². The normalized spacial score (nSPS) is 15.7. The minimum absolute atomic E-state index is 0.188. The van der Waals surface area contributed by atoms with Crippen LogP contribution in [0.2, 0.25) is 0 Å². The molecule has 1 unspecified atom stereocenters. The molecule has 0 aliphatic carbocycles. The Morgan fingerprint density at radius 2 is 2.08 bits per heavy atom. The largest absolute Gasteiger partial charge is 0.383 e. The number of rotatable bonds is 8. The van der Waals surface area contributed by atoms with Crippen LogP contribution >= 0.6 is 0 Å². The van der Waals surface area contributed by atoms with E-state index in [2.05, 4.69) is 5.32 Å². The first-order valence-corrected chi connectivity index (χ1v) is 4.69. The molecular formula is C9H22N2O2. The van der Waals surface area contributed by atoms with Crippen LogP contribution in [0.4, 0.5) is 0 Å². The van der Waals surface area contributed by atoms with E-state index < -0.39 is 0 Å². The third-order valence-electron chi connectivity index (χ3n) is 2.16. The Hall–Kier alpha value is -0.160. The van der Waals surface area contributed by atoms with Crippen molar-refractivity contribution in [1.29, 1.82) is 0 Å². The van der Waals surface area contributed by atoms with Crippen molar-refractivity contribution < 1.29 is 9.47 Å². The second-order valence-electron chi connectivity index (χ2n) is 3.06. The predicted molar refractivity (Wildman–Crippen MR) is 53.8 cm³/mol. The summed E-state index contributed by atoms with van der Waals surface area (Å²) in [6, 6.07) is 0.251. The Balaban J connectivity index is 3.84. The highest BCUT2D eigenvalue weighted by Gasteiger charge is 2.18. The maximum atomic E-state index is 5.44. The first kappa shape index (κ1) is 12.8. The van der Waals surface area contributed by atoms with Gasteiger partial charge in [0, 0.05) is 14.2 Å². The van der Waals surface area contributed by atoms with Gasteiger partial charge >= 0.3 is 0 Å². The van der Waals surface area contributed by atoms with E-state index in [1.165, 1.54) is 0 Å². The SMILES string of the molecule is CNC(COC)[C@@H](CCCN)OC. The second-order valence-corrected chi connectivity index (χ2v) is 3.06. The molecule has 0 aliphatic rings. The monoisotopic (exact) mass is 190 g/mol. The molecule has 4 heteroatoms. The summed E-state index contributed by atoms with van der Waals surface area (Å²) >= 11 is 0. The highest BCUT2D eigenvalue weighted by molar-refractivity contribution is 4.75. The molecule has 0 radical (unpaired) electrons. The average Bonchev–Trinajstić information content (AvgIpc) is 2.17. The Morgan fingerprint density at radius 1 is 1.38 bits per heavy atom. The highest BCUT2D eigenvalue weighted by atomic mass is 16.5. The van der Waals surface area contributed by atoms with Gasteiger partial charge in [0.15, 0.2) is 0 Å². The van der Waals surface area contributed by atoms with Gasteiger partial charge in [0.1, 0.15) is 0 Å². The van der Waals surface area contributed by atoms with E-state index in [1.54, 1.807) is 14.2 Å². The Kier molecular flexibility index (Phi) is 8.33. The lowest BCUT2D eigenvalue weighted by Crippen LogP contribution is -2.42. The van der Waals surface area contributed by atoms with Crippen molar-refractivity contribution in [2.75, 3.05) is 34.4 Å². The van der Waals surface area contributed by atoms with Crippen LogP contribution in [0.3, 0.4) is 0 Å². The fourth-order valence-corrected chi connectivity index (χ4v) is 1.36. The van der Waals surface area contributed by atoms with Gasteiger partial charge in [0.25, 0.3) is 0 Å². The quantitative estimate of drug-likeness (QED) is 0.564. The molecule has 0 aromatic rings. The third-order valence-corrected chi connectivity index (χ3v) is 2.16. The van der Waals surface area contributed by atoms with Gasteiger partial charge < -0.3 is 20.5 Å². The molecule has 0 aliphatic heterocycles. The summed E-state index contributed by atoms with van der Waals surface area (Å²) in [5, 5.41) is 3.17. The summed E-state index contributed by atoms with van der Waals surface area (Å²) in [7, 11) is 5.33. The van der Waals surface area contributed by atoms with Crippen molar-refractivity contribution in [3.63, 3.8) is 0 Å². The van der Waals surface area contributed by atoms with Gasteiger partial charge in [-0.15, -0.1) is 0 Å². The van der Waals surface area contributed by atoms with Crippen molar-refractivity contribution in [1.82, 2.24) is 5.32 Å². The second kappa shape index (κ2) is 8.44. The number of nitrogens with two attached hydrogens (primary N) is 1. The molecule has 0 rings (SSSR count). The molecule has 80 valence electrons. The molecule has 2 atom stereocenters. The molecule has 4 nitrogen and oxygen atoms in total. The first-order chi connectivity index (χ1) is 6.29. The van der Waals surface area contributed by atoms with Crippen LogP contribution in [0.5, 0.6) is 0 Å². The fourth-order valence-electron chi connectivity index (χ4n) is 1.36. The van der Waals surface area contributed by atoms with Gasteiger partial charge in [0.05, 0.1) is 18.8 Å². The van der Waals surface area contributed by atoms with E-state index in [4.69, 9.17) is 15.2 Å². The molecule has 0 aromatic heterocycles. The van der Waals surface area contributed by atoms with Gasteiger partial charge in [-0.05, 0) is 26.4 Å². The van der Waals surface area contributed by atoms with E-state index >= 15 is 0 Å². The summed E-state index contributed by atoms with van der Waals surface area (Å²) in [6.45, 7) is 1.38. The van der Waals surface area contributed by atoms with Gasteiger partial charge in [-0.3, -0.25) is 0 Å². The number of methoxy groups -OCH3 is 2.